The number of benzene rings is 1. The average molecular weight is 836 g/mol. The van der Waals surface area contributed by atoms with Crippen LogP contribution in [0.2, 0.25) is 5.02 Å². The van der Waals surface area contributed by atoms with Gasteiger partial charge in [-0.2, -0.15) is 5.26 Å². The number of likely N-dealkylation sites (tertiary alicyclic amines) is 1. The summed E-state index contributed by atoms with van der Waals surface area (Å²) in [4.78, 5) is 65.6. The number of nitrogens with zero attached hydrogens (tertiary/aromatic N) is 4. The molecule has 3 amide bonds. The molecule has 0 bridgehead atoms. The predicted octanol–water partition coefficient (Wildman–Crippen LogP) is 6.39. The molecule has 0 spiro atoms. The third kappa shape index (κ3) is 8.47. The van der Waals surface area contributed by atoms with Crippen molar-refractivity contribution in [1.29, 1.82) is 5.26 Å². The summed E-state index contributed by atoms with van der Waals surface area (Å²) < 4.78 is 18.0. The van der Waals surface area contributed by atoms with Crippen LogP contribution >= 0.6 is 22.9 Å². The minimum atomic E-state index is -1.43. The molecule has 3 aliphatic carbocycles. The number of ether oxygens (including phenoxy) is 3. The van der Waals surface area contributed by atoms with E-state index in [1.165, 1.54) is 16.2 Å². The maximum Gasteiger partial charge on any atom is 0.408 e. The smallest absolute Gasteiger partial charge is 0.408 e. The predicted molar refractivity (Wildman–Crippen MR) is 217 cm³/mol. The second-order valence-corrected chi connectivity index (χ2v) is 18.6. The molecule has 15 nitrogen and oxygen atoms in total. The van der Waals surface area contributed by atoms with Crippen LogP contribution in [-0.4, -0.2) is 92.9 Å². The Morgan fingerprint density at radius 1 is 1.09 bits per heavy atom. The molecule has 58 heavy (non-hydrogen) atoms. The monoisotopic (exact) mass is 835 g/mol. The summed E-state index contributed by atoms with van der Waals surface area (Å²) in [5, 5.41) is 31.4. The van der Waals surface area contributed by atoms with Gasteiger partial charge in [-0.1, -0.05) is 45.7 Å². The maximum absolute atomic E-state index is 14.7. The summed E-state index contributed by atoms with van der Waals surface area (Å²) in [5.41, 5.74) is -0.909. The van der Waals surface area contributed by atoms with E-state index in [-0.39, 0.29) is 54.8 Å². The molecule has 3 saturated carbocycles. The first kappa shape index (κ1) is 41.3. The Morgan fingerprint density at radius 3 is 2.47 bits per heavy atom. The van der Waals surface area contributed by atoms with E-state index < -0.39 is 53.0 Å². The highest BCUT2D eigenvalue weighted by molar-refractivity contribution is 7.14. The molecule has 8 atom stereocenters. The van der Waals surface area contributed by atoms with Gasteiger partial charge in [-0.05, 0) is 74.8 Å². The first-order valence-electron chi connectivity index (χ1n) is 19.9. The van der Waals surface area contributed by atoms with Gasteiger partial charge in [0.25, 0.3) is 0 Å². The summed E-state index contributed by atoms with van der Waals surface area (Å²) in [6.07, 6.45) is 1.99. The third-order valence-corrected chi connectivity index (χ3v) is 12.8. The Kier molecular flexibility index (Phi) is 11.4. The van der Waals surface area contributed by atoms with E-state index in [0.717, 1.165) is 19.3 Å². The molecule has 4 aliphatic rings. The van der Waals surface area contributed by atoms with Gasteiger partial charge in [-0.3, -0.25) is 9.59 Å². The molecule has 4 N–H and O–H groups in total. The van der Waals surface area contributed by atoms with Gasteiger partial charge in [0.1, 0.15) is 58.1 Å². The lowest BCUT2D eigenvalue weighted by Gasteiger charge is -2.35. The number of amides is 3. The van der Waals surface area contributed by atoms with Gasteiger partial charge in [-0.25, -0.2) is 19.6 Å². The summed E-state index contributed by atoms with van der Waals surface area (Å²) in [6, 6.07) is 4.92. The van der Waals surface area contributed by atoms with Crippen molar-refractivity contribution < 1.29 is 38.5 Å². The third-order valence-electron chi connectivity index (χ3n) is 11.6. The first-order chi connectivity index (χ1) is 27.5. The van der Waals surface area contributed by atoms with Crippen molar-refractivity contribution in [3.63, 3.8) is 0 Å². The van der Waals surface area contributed by atoms with Crippen LogP contribution in [0.25, 0.3) is 22.3 Å². The van der Waals surface area contributed by atoms with Gasteiger partial charge in [0.15, 0.2) is 11.7 Å². The normalized spacial score (nSPS) is 26.4. The van der Waals surface area contributed by atoms with Crippen molar-refractivity contribution in [2.75, 3.05) is 18.5 Å². The number of nitriles is 1. The van der Waals surface area contributed by atoms with Crippen molar-refractivity contribution in [3.05, 3.63) is 28.6 Å². The fourth-order valence-corrected chi connectivity index (χ4v) is 9.50. The number of rotatable bonds is 14. The molecule has 3 heterocycles. The lowest BCUT2D eigenvalue weighted by molar-refractivity contribution is -0.146. The van der Waals surface area contributed by atoms with E-state index in [4.69, 9.17) is 41.0 Å². The van der Waals surface area contributed by atoms with Crippen LogP contribution in [-0.2, 0) is 19.1 Å². The average Bonchev–Trinajstić information content (AvgIpc) is 3.83. The Morgan fingerprint density at radius 2 is 1.83 bits per heavy atom. The first-order valence-corrected chi connectivity index (χ1v) is 21.1. The van der Waals surface area contributed by atoms with Gasteiger partial charge in [0.05, 0.1) is 17.8 Å². The summed E-state index contributed by atoms with van der Waals surface area (Å²) in [7, 11) is 0. The van der Waals surface area contributed by atoms with E-state index >= 15 is 0 Å². The second kappa shape index (κ2) is 16.1. The molecule has 17 heteroatoms. The van der Waals surface area contributed by atoms with Crippen LogP contribution in [0, 0.1) is 34.5 Å². The van der Waals surface area contributed by atoms with E-state index in [0.29, 0.717) is 51.4 Å². The number of carboxylic acid groups (broad SMARTS) is 1. The summed E-state index contributed by atoms with van der Waals surface area (Å²) in [6.45, 7) is 11.0. The lowest BCUT2D eigenvalue weighted by atomic mass is 9.85. The molecule has 1 aliphatic heterocycles. The van der Waals surface area contributed by atoms with Crippen molar-refractivity contribution >= 4 is 62.8 Å². The topological polar surface area (TPSA) is 205 Å². The number of thiazole rings is 1. The van der Waals surface area contributed by atoms with Gasteiger partial charge >= 0.3 is 12.1 Å². The van der Waals surface area contributed by atoms with E-state index in [2.05, 4.69) is 16.0 Å². The zero-order chi connectivity index (χ0) is 41.7. The number of carbonyl (C=O) groups excluding carboxylic acids is 3. The number of fused-ring (bicyclic) bond motifs is 2. The van der Waals surface area contributed by atoms with Gasteiger partial charge in [-0.15, -0.1) is 11.3 Å². The summed E-state index contributed by atoms with van der Waals surface area (Å²) >= 11 is 8.25. The fourth-order valence-electron chi connectivity index (χ4n) is 8.39. The Hall–Kier alpha value is -4.88. The van der Waals surface area contributed by atoms with Gasteiger partial charge in [0.2, 0.25) is 11.8 Å². The number of carbonyl (C=O) groups is 4. The number of alkyl carbamates (subject to hydrolysis) is 1. The minimum Gasteiger partial charge on any atom is -0.488 e. The highest BCUT2D eigenvalue weighted by Gasteiger charge is 2.61. The molecule has 0 radical (unpaired) electrons. The molecule has 310 valence electrons. The SMILES string of the molecule is CC[C@@H]1C[C@]1(NC(=O)[C@@H]1C[C@@H](Oc2cc(-c3csc(NC(C)C)n3)nc3c(Cl)c(OCC#N)ccc23)CN1C(=O)[C@@H](NC(=O)OC1C[C@@H]2C[C@@H]2C1)C(C)(C)C)C(=O)O. The van der Waals surface area contributed by atoms with Gasteiger partial charge < -0.3 is 40.2 Å². The number of anilines is 1. The standard InChI is InChI=1S/C41H50ClN7O8S/c1-7-23-17-41(23,37(52)53)48-35(50)29-15-25(18-49(29)36(51)34(40(4,5)6)47-39(54)57-24-13-21-12-22(21)14-24)56-31-16-27(28-19-58-38(46-28)44-20(2)3)45-33-26(31)8-9-30(32(33)42)55-11-10-43/h8-9,16,19-25,29,34H,7,11-15,17-18H2,1-6H3,(H,44,46)(H,47,54)(H,48,50)(H,52,53)/t21-,22+,23-,24?,25-,29+,34-,41-/m1/s1. The number of carboxylic acids is 1. The highest BCUT2D eigenvalue weighted by Crippen LogP contribution is 2.52. The van der Waals surface area contributed by atoms with Crippen molar-refractivity contribution in [2.45, 2.75) is 116 Å². The molecule has 1 saturated heterocycles. The number of aliphatic carboxylic acids is 1. The minimum absolute atomic E-state index is 0.0195. The van der Waals surface area contributed by atoms with Crippen molar-refractivity contribution in [2.24, 2.45) is 23.2 Å². The van der Waals surface area contributed by atoms with Crippen molar-refractivity contribution in [3.8, 4) is 29.0 Å². The van der Waals surface area contributed by atoms with Crippen molar-refractivity contribution in [1.82, 2.24) is 25.5 Å². The molecule has 4 fully saturated rings. The number of pyridine rings is 1. The van der Waals surface area contributed by atoms with Crippen LogP contribution < -0.4 is 25.4 Å². The zero-order valence-corrected chi connectivity index (χ0v) is 35.0. The molecular weight excluding hydrogens is 786 g/mol. The maximum atomic E-state index is 14.7. The van der Waals surface area contributed by atoms with Crippen LogP contribution in [0.5, 0.6) is 11.5 Å². The number of hydrogen-bond acceptors (Lipinski definition) is 12. The molecular formula is C41H50ClN7O8S. The number of nitrogens with one attached hydrogen (secondary N) is 3. The number of hydrogen-bond donors (Lipinski definition) is 4. The number of halogens is 1. The second-order valence-electron chi connectivity index (χ2n) is 17.3. The fraction of sp³-hybridized carbons (Fsp3) is 0.585. The lowest BCUT2D eigenvalue weighted by Crippen LogP contribution is -2.59. The Bertz CT molecular complexity index is 2140. The molecule has 7 rings (SSSR count). The highest BCUT2D eigenvalue weighted by atomic mass is 35.5. The number of aromatic nitrogens is 2. The van der Waals surface area contributed by atoms with E-state index in [9.17, 15) is 24.3 Å². The van der Waals surface area contributed by atoms with E-state index in [1.54, 1.807) is 18.2 Å². The van der Waals surface area contributed by atoms with E-state index in [1.807, 2.05) is 53.0 Å². The zero-order valence-electron chi connectivity index (χ0n) is 33.5. The van der Waals surface area contributed by atoms with Crippen LogP contribution in [0.1, 0.15) is 80.1 Å². The largest absolute Gasteiger partial charge is 0.488 e. The van der Waals surface area contributed by atoms with Crippen LogP contribution in [0.15, 0.2) is 23.6 Å². The van der Waals surface area contributed by atoms with Gasteiger partial charge in [0, 0.05) is 29.3 Å². The molecule has 3 aromatic rings. The molecule has 1 unspecified atom stereocenters. The van der Waals surface area contributed by atoms with Crippen LogP contribution in [0.4, 0.5) is 9.93 Å². The van der Waals surface area contributed by atoms with Crippen LogP contribution in [0.3, 0.4) is 0 Å². The quantitative estimate of drug-likeness (QED) is 0.139. The molecule has 1 aromatic carbocycles. The Balaban J connectivity index is 1.21. The molecule has 2 aromatic heterocycles. The Labute approximate surface area is 346 Å². The summed E-state index contributed by atoms with van der Waals surface area (Å²) in [5.74, 6) is -0.729.